The Morgan fingerprint density at radius 1 is 0.765 bits per heavy atom. The van der Waals surface area contributed by atoms with Gasteiger partial charge in [-0.25, -0.2) is 0 Å². The van der Waals surface area contributed by atoms with Gasteiger partial charge in [0.25, 0.3) is 0 Å². The smallest absolute Gasteiger partial charge is 0.0529 e. The van der Waals surface area contributed by atoms with E-state index in [9.17, 15) is 0 Å². The molecule has 0 aliphatic rings. The molecule has 0 saturated heterocycles. The highest BCUT2D eigenvalue weighted by atomic mass is 32.1. The van der Waals surface area contributed by atoms with Crippen molar-refractivity contribution < 1.29 is 5.11 Å². The lowest BCUT2D eigenvalue weighted by Crippen LogP contribution is -1.69. The minimum Gasteiger partial charge on any atom is -0.400 e. The highest BCUT2D eigenvalue weighted by Gasteiger charge is 2.09. The molecule has 4 heteroatoms. The molecule has 17 heavy (non-hydrogen) atoms. The molecule has 1 N–H and O–H groups in total. The van der Waals surface area contributed by atoms with E-state index in [-0.39, 0.29) is 0 Å². The van der Waals surface area contributed by atoms with Crippen LogP contribution in [-0.4, -0.2) is 12.2 Å². The number of hydrogen-bond acceptors (Lipinski definition) is 4. The van der Waals surface area contributed by atoms with Gasteiger partial charge in [0.05, 0.1) is 4.88 Å². The van der Waals surface area contributed by atoms with Gasteiger partial charge in [-0.05, 0) is 34.3 Å². The summed E-state index contributed by atoms with van der Waals surface area (Å²) in [6.07, 6.45) is 0. The van der Waals surface area contributed by atoms with Crippen LogP contribution in [0.4, 0.5) is 0 Å². The van der Waals surface area contributed by atoms with Gasteiger partial charge in [0.15, 0.2) is 0 Å². The summed E-state index contributed by atoms with van der Waals surface area (Å²) in [5, 5.41) is 13.4. The Labute approximate surface area is 113 Å². The minimum atomic E-state index is 1.00. The van der Waals surface area contributed by atoms with Gasteiger partial charge < -0.3 is 5.11 Å². The van der Waals surface area contributed by atoms with Crippen LogP contribution in [0.25, 0.3) is 20.2 Å². The second kappa shape index (κ2) is 6.12. The van der Waals surface area contributed by atoms with E-state index in [2.05, 4.69) is 46.5 Å². The Balaban J connectivity index is 0.000000514. The van der Waals surface area contributed by atoms with Crippen LogP contribution in [0.2, 0.25) is 0 Å². The summed E-state index contributed by atoms with van der Waals surface area (Å²) in [6.45, 7) is 0. The molecule has 3 aromatic rings. The van der Waals surface area contributed by atoms with Gasteiger partial charge in [0.2, 0.25) is 0 Å². The molecule has 0 spiro atoms. The Bertz CT molecular complexity index is 486. The molecule has 0 atom stereocenters. The van der Waals surface area contributed by atoms with Crippen molar-refractivity contribution in [1.29, 1.82) is 0 Å². The van der Waals surface area contributed by atoms with Crippen molar-refractivity contribution >= 4 is 34.0 Å². The topological polar surface area (TPSA) is 20.2 Å². The maximum atomic E-state index is 7.00. The maximum absolute atomic E-state index is 7.00. The summed E-state index contributed by atoms with van der Waals surface area (Å²) in [7, 11) is 1.00. The molecule has 3 aromatic heterocycles. The Morgan fingerprint density at radius 2 is 1.41 bits per heavy atom. The van der Waals surface area contributed by atoms with Gasteiger partial charge in [-0.15, -0.1) is 34.0 Å². The zero-order valence-electron chi connectivity index (χ0n) is 9.29. The van der Waals surface area contributed by atoms with E-state index >= 15 is 0 Å². The Morgan fingerprint density at radius 3 is 2.00 bits per heavy atom. The van der Waals surface area contributed by atoms with Crippen LogP contribution in [0.1, 0.15) is 0 Å². The average Bonchev–Trinajstić information content (AvgIpc) is 3.13. The summed E-state index contributed by atoms with van der Waals surface area (Å²) in [4.78, 5) is 4.13. The molecule has 88 valence electrons. The zero-order valence-corrected chi connectivity index (χ0v) is 11.7. The molecule has 0 saturated carbocycles. The molecule has 1 nitrogen and oxygen atoms in total. The quantitative estimate of drug-likeness (QED) is 0.714. The fraction of sp³-hybridized carbons (Fsp3) is 0.0769. The third-order valence-electron chi connectivity index (χ3n) is 2.20. The highest BCUT2D eigenvalue weighted by molar-refractivity contribution is 7.21. The van der Waals surface area contributed by atoms with Crippen LogP contribution in [0.3, 0.4) is 0 Å². The molecule has 0 aliphatic heterocycles. The predicted octanol–water partition coefficient (Wildman–Crippen LogP) is 4.81. The summed E-state index contributed by atoms with van der Waals surface area (Å²) < 4.78 is 0. The van der Waals surface area contributed by atoms with E-state index in [0.29, 0.717) is 0 Å². The molecular formula is C13H12OS3. The van der Waals surface area contributed by atoms with Gasteiger partial charge in [0.1, 0.15) is 0 Å². The van der Waals surface area contributed by atoms with Crippen molar-refractivity contribution in [3.05, 3.63) is 46.5 Å². The molecule has 0 unspecified atom stereocenters. The normalized spacial score (nSPS) is 9.76. The second-order valence-electron chi connectivity index (χ2n) is 3.12. The van der Waals surface area contributed by atoms with Crippen molar-refractivity contribution in [2.24, 2.45) is 0 Å². The molecule has 0 fully saturated rings. The van der Waals surface area contributed by atoms with E-state index < -0.39 is 0 Å². The van der Waals surface area contributed by atoms with Crippen LogP contribution in [0.5, 0.6) is 0 Å². The van der Waals surface area contributed by atoms with Gasteiger partial charge in [-0.2, -0.15) is 0 Å². The van der Waals surface area contributed by atoms with Crippen LogP contribution >= 0.6 is 34.0 Å². The maximum Gasteiger partial charge on any atom is 0.0529 e. The fourth-order valence-electron chi connectivity index (χ4n) is 1.53. The lowest BCUT2D eigenvalue weighted by molar-refractivity contribution is 0.399. The summed E-state index contributed by atoms with van der Waals surface area (Å²) in [6, 6.07) is 10.8. The van der Waals surface area contributed by atoms with Gasteiger partial charge in [-0.1, -0.05) is 12.1 Å². The van der Waals surface area contributed by atoms with Gasteiger partial charge in [-0.3, -0.25) is 0 Å². The van der Waals surface area contributed by atoms with Gasteiger partial charge in [0, 0.05) is 22.4 Å². The summed E-state index contributed by atoms with van der Waals surface area (Å²) in [5.41, 5.74) is 1.37. The standard InChI is InChI=1S/C12H8S3.CH4O/c1-3-10(13-6-1)9-5-8-15-12(9)11-4-2-7-14-11;1-2/h1-8H;2H,1H3. The van der Waals surface area contributed by atoms with E-state index in [1.807, 2.05) is 22.7 Å². The first-order chi connectivity index (χ1) is 8.45. The van der Waals surface area contributed by atoms with Crippen LogP contribution < -0.4 is 0 Å². The van der Waals surface area contributed by atoms with E-state index in [0.717, 1.165) is 7.11 Å². The molecule has 0 radical (unpaired) electrons. The third-order valence-corrected chi connectivity index (χ3v) is 5.06. The monoisotopic (exact) mass is 280 g/mol. The largest absolute Gasteiger partial charge is 0.400 e. The summed E-state index contributed by atoms with van der Waals surface area (Å²) >= 11 is 5.43. The SMILES string of the molecule is CO.c1csc(-c2ccsc2-c2cccs2)c1. The summed E-state index contributed by atoms with van der Waals surface area (Å²) in [5.74, 6) is 0. The number of thiophene rings is 3. The molecule has 0 bridgehead atoms. The molecule has 3 rings (SSSR count). The first kappa shape index (κ1) is 12.5. The van der Waals surface area contributed by atoms with Crippen molar-refractivity contribution in [3.63, 3.8) is 0 Å². The molecule has 0 aliphatic carbocycles. The lowest BCUT2D eigenvalue weighted by atomic mass is 10.2. The fourth-order valence-corrected chi connectivity index (χ4v) is 4.15. The first-order valence-electron chi connectivity index (χ1n) is 5.05. The molecule has 3 heterocycles. The van der Waals surface area contributed by atoms with Gasteiger partial charge >= 0.3 is 0 Å². The van der Waals surface area contributed by atoms with Crippen LogP contribution in [0, 0.1) is 0 Å². The number of aliphatic hydroxyl groups is 1. The average molecular weight is 280 g/mol. The van der Waals surface area contributed by atoms with E-state index in [1.165, 1.54) is 20.2 Å². The minimum absolute atomic E-state index is 1.00. The Kier molecular flexibility index (Phi) is 4.50. The van der Waals surface area contributed by atoms with E-state index in [4.69, 9.17) is 5.11 Å². The second-order valence-corrected chi connectivity index (χ2v) is 5.93. The van der Waals surface area contributed by atoms with Crippen molar-refractivity contribution in [2.45, 2.75) is 0 Å². The number of rotatable bonds is 2. The Hall–Kier alpha value is -0.940. The van der Waals surface area contributed by atoms with E-state index in [1.54, 1.807) is 11.3 Å². The van der Waals surface area contributed by atoms with Crippen LogP contribution in [-0.2, 0) is 0 Å². The highest BCUT2D eigenvalue weighted by Crippen LogP contribution is 2.40. The molecule has 0 amide bonds. The van der Waals surface area contributed by atoms with Crippen molar-refractivity contribution in [3.8, 4) is 20.2 Å². The first-order valence-corrected chi connectivity index (χ1v) is 7.69. The van der Waals surface area contributed by atoms with Crippen molar-refractivity contribution in [1.82, 2.24) is 0 Å². The zero-order chi connectivity index (χ0) is 12.1. The van der Waals surface area contributed by atoms with Crippen molar-refractivity contribution in [2.75, 3.05) is 7.11 Å². The third kappa shape index (κ3) is 2.66. The lowest BCUT2D eigenvalue weighted by Gasteiger charge is -1.97. The molecule has 0 aromatic carbocycles. The number of aliphatic hydroxyl groups excluding tert-OH is 1. The van der Waals surface area contributed by atoms with Crippen LogP contribution in [0.15, 0.2) is 46.5 Å². The number of hydrogen-bond donors (Lipinski definition) is 1. The molecular weight excluding hydrogens is 268 g/mol. The predicted molar refractivity (Wildman–Crippen MR) is 79.1 cm³/mol.